The van der Waals surface area contributed by atoms with Gasteiger partial charge in [-0.15, -0.1) is 0 Å². The molecule has 3 heteroatoms. The highest BCUT2D eigenvalue weighted by Gasteiger charge is 2.16. The minimum absolute atomic E-state index is 0.713. The lowest BCUT2D eigenvalue weighted by Gasteiger charge is -2.05. The second-order valence-electron chi connectivity index (χ2n) is 6.27. The lowest BCUT2D eigenvalue weighted by molar-refractivity contribution is -0.660. The Labute approximate surface area is 135 Å². The molecule has 23 heavy (non-hydrogen) atoms. The van der Waals surface area contributed by atoms with E-state index in [1.165, 1.54) is 22.4 Å². The van der Waals surface area contributed by atoms with E-state index >= 15 is 0 Å². The highest BCUT2D eigenvalue weighted by Crippen LogP contribution is 2.33. The van der Waals surface area contributed by atoms with Crippen LogP contribution in [0.15, 0.2) is 47.0 Å². The second-order valence-corrected chi connectivity index (χ2v) is 6.27. The van der Waals surface area contributed by atoms with Gasteiger partial charge in [-0.3, -0.25) is 0 Å². The van der Waals surface area contributed by atoms with Crippen LogP contribution in [0, 0.1) is 20.8 Å². The molecule has 0 saturated carbocycles. The summed E-state index contributed by atoms with van der Waals surface area (Å²) in [5, 5.41) is 2.21. The van der Waals surface area contributed by atoms with Crippen molar-refractivity contribution in [3.05, 3.63) is 59.4 Å². The Hall–Kier alpha value is -2.68. The molecule has 0 saturated heterocycles. The van der Waals surface area contributed by atoms with E-state index in [-0.39, 0.29) is 0 Å². The zero-order chi connectivity index (χ0) is 16.1. The Morgan fingerprint density at radius 2 is 1.78 bits per heavy atom. The smallest absolute Gasteiger partial charge is 0.227 e. The third-order valence-corrected chi connectivity index (χ3v) is 4.38. The van der Waals surface area contributed by atoms with Crippen LogP contribution in [0.4, 0.5) is 0 Å². The minimum atomic E-state index is 0.713. The van der Waals surface area contributed by atoms with E-state index in [1.807, 2.05) is 13.0 Å². The summed E-state index contributed by atoms with van der Waals surface area (Å²) in [6.45, 7) is 6.23. The molecule has 0 fully saturated rings. The maximum atomic E-state index is 5.99. The molecule has 0 radical (unpaired) electrons. The molecule has 0 atom stereocenters. The van der Waals surface area contributed by atoms with Crippen LogP contribution in [0.3, 0.4) is 0 Å². The van der Waals surface area contributed by atoms with Crippen LogP contribution in [-0.4, -0.2) is 4.98 Å². The first kappa shape index (κ1) is 13.9. The Balaban J connectivity index is 2.01. The van der Waals surface area contributed by atoms with Crippen molar-refractivity contribution in [2.24, 2.45) is 7.05 Å². The van der Waals surface area contributed by atoms with Crippen LogP contribution in [-0.2, 0) is 7.05 Å². The second kappa shape index (κ2) is 4.92. The largest absolute Gasteiger partial charge is 0.438 e. The molecule has 0 aliphatic heterocycles. The molecule has 114 valence electrons. The average molecular weight is 303 g/mol. The first-order valence-corrected chi connectivity index (χ1v) is 7.80. The van der Waals surface area contributed by atoms with Gasteiger partial charge in [0.05, 0.1) is 5.56 Å². The summed E-state index contributed by atoms with van der Waals surface area (Å²) in [6.07, 6.45) is 2.14. The van der Waals surface area contributed by atoms with Gasteiger partial charge in [0, 0.05) is 28.1 Å². The third kappa shape index (κ3) is 2.20. The first-order chi connectivity index (χ1) is 11.0. The van der Waals surface area contributed by atoms with Crippen LogP contribution in [0.25, 0.3) is 33.3 Å². The van der Waals surface area contributed by atoms with Gasteiger partial charge in [0.2, 0.25) is 11.4 Å². The SMILES string of the molecule is Cc1ccc(-c2cc3oc4nc(C)ccc4c3cc2C)[n+](C)c1. The van der Waals surface area contributed by atoms with Crippen LogP contribution in [0.2, 0.25) is 0 Å². The van der Waals surface area contributed by atoms with Gasteiger partial charge in [-0.2, -0.15) is 0 Å². The van der Waals surface area contributed by atoms with E-state index in [2.05, 4.69) is 67.0 Å². The van der Waals surface area contributed by atoms with Crippen LogP contribution in [0.5, 0.6) is 0 Å². The summed E-state index contributed by atoms with van der Waals surface area (Å²) >= 11 is 0. The van der Waals surface area contributed by atoms with Gasteiger partial charge in [0.1, 0.15) is 12.6 Å². The van der Waals surface area contributed by atoms with Gasteiger partial charge in [-0.25, -0.2) is 9.55 Å². The number of fused-ring (bicyclic) bond motifs is 3. The first-order valence-electron chi connectivity index (χ1n) is 7.80. The zero-order valence-electron chi connectivity index (χ0n) is 13.8. The molecule has 0 spiro atoms. The molecule has 3 aromatic heterocycles. The van der Waals surface area contributed by atoms with Crippen molar-refractivity contribution in [1.29, 1.82) is 0 Å². The van der Waals surface area contributed by atoms with E-state index in [0.717, 1.165) is 22.0 Å². The highest BCUT2D eigenvalue weighted by molar-refractivity contribution is 6.05. The Morgan fingerprint density at radius 3 is 2.57 bits per heavy atom. The summed E-state index contributed by atoms with van der Waals surface area (Å²) in [4.78, 5) is 4.50. The topological polar surface area (TPSA) is 29.9 Å². The lowest BCUT2D eigenvalue weighted by Crippen LogP contribution is -2.31. The number of pyridine rings is 2. The van der Waals surface area contributed by atoms with E-state index in [4.69, 9.17) is 4.42 Å². The van der Waals surface area contributed by atoms with Crippen LogP contribution < -0.4 is 4.57 Å². The molecule has 0 bridgehead atoms. The van der Waals surface area contributed by atoms with Gasteiger partial charge in [-0.1, -0.05) is 0 Å². The maximum Gasteiger partial charge on any atom is 0.227 e. The maximum absolute atomic E-state index is 5.99. The number of rotatable bonds is 1. The number of aryl methyl sites for hydroxylation is 4. The van der Waals surface area contributed by atoms with E-state index < -0.39 is 0 Å². The van der Waals surface area contributed by atoms with Gasteiger partial charge in [0.15, 0.2) is 6.20 Å². The average Bonchev–Trinajstić information content (AvgIpc) is 2.83. The van der Waals surface area contributed by atoms with Gasteiger partial charge in [-0.05, 0) is 56.7 Å². The van der Waals surface area contributed by atoms with E-state index in [9.17, 15) is 0 Å². The number of hydrogen-bond donors (Lipinski definition) is 0. The predicted molar refractivity (Wildman–Crippen MR) is 92.3 cm³/mol. The molecule has 0 unspecified atom stereocenters. The fourth-order valence-electron chi connectivity index (χ4n) is 3.20. The molecular formula is C20H19N2O+. The fraction of sp³-hybridized carbons (Fsp3) is 0.200. The van der Waals surface area contributed by atoms with Gasteiger partial charge in [0.25, 0.3) is 0 Å². The third-order valence-electron chi connectivity index (χ3n) is 4.38. The molecule has 0 amide bonds. The highest BCUT2D eigenvalue weighted by atomic mass is 16.3. The molecular weight excluding hydrogens is 284 g/mol. The lowest BCUT2D eigenvalue weighted by atomic mass is 10.0. The summed E-state index contributed by atoms with van der Waals surface area (Å²) in [5.74, 6) is 0. The Morgan fingerprint density at radius 1 is 0.957 bits per heavy atom. The van der Waals surface area contributed by atoms with Crippen LogP contribution >= 0.6 is 0 Å². The number of hydrogen-bond acceptors (Lipinski definition) is 2. The molecule has 3 nitrogen and oxygen atoms in total. The normalized spacial score (nSPS) is 11.5. The molecule has 1 aromatic carbocycles. The number of nitrogens with zero attached hydrogens (tertiary/aromatic N) is 2. The van der Waals surface area contributed by atoms with Crippen molar-refractivity contribution < 1.29 is 8.98 Å². The monoisotopic (exact) mass is 303 g/mol. The fourth-order valence-corrected chi connectivity index (χ4v) is 3.20. The number of benzene rings is 1. The van der Waals surface area contributed by atoms with Crippen molar-refractivity contribution in [3.8, 4) is 11.3 Å². The molecule has 0 aliphatic rings. The molecule has 4 aromatic rings. The van der Waals surface area contributed by atoms with Crippen molar-refractivity contribution in [3.63, 3.8) is 0 Å². The number of aromatic nitrogens is 2. The van der Waals surface area contributed by atoms with Gasteiger partial charge >= 0.3 is 0 Å². The predicted octanol–water partition coefficient (Wildman–Crippen LogP) is 4.40. The van der Waals surface area contributed by atoms with Crippen LogP contribution in [0.1, 0.15) is 16.8 Å². The Bertz CT molecular complexity index is 1060. The minimum Gasteiger partial charge on any atom is -0.438 e. The molecule has 3 heterocycles. The zero-order valence-corrected chi connectivity index (χ0v) is 13.8. The molecule has 0 aliphatic carbocycles. The van der Waals surface area contributed by atoms with Gasteiger partial charge < -0.3 is 4.42 Å². The standard InChI is InChI=1S/C20H19N2O/c1-12-5-8-18(22(4)11-12)16-10-19-17(9-13(16)2)15-7-6-14(3)21-20(15)23-19/h5-11H,1-4H3/q+1. The van der Waals surface area contributed by atoms with E-state index in [1.54, 1.807) is 0 Å². The summed E-state index contributed by atoms with van der Waals surface area (Å²) in [7, 11) is 2.08. The number of furan rings is 1. The van der Waals surface area contributed by atoms with E-state index in [0.29, 0.717) is 5.71 Å². The summed E-state index contributed by atoms with van der Waals surface area (Å²) in [6, 6.07) is 12.8. The van der Waals surface area contributed by atoms with Crippen molar-refractivity contribution in [2.45, 2.75) is 20.8 Å². The molecule has 4 rings (SSSR count). The summed E-state index contributed by atoms with van der Waals surface area (Å²) < 4.78 is 8.15. The quantitative estimate of drug-likeness (QED) is 0.488. The van der Waals surface area contributed by atoms with Crippen molar-refractivity contribution in [2.75, 3.05) is 0 Å². The summed E-state index contributed by atoms with van der Waals surface area (Å²) in [5.41, 5.74) is 7.43. The van der Waals surface area contributed by atoms with Crippen molar-refractivity contribution >= 4 is 22.1 Å². The molecule has 0 N–H and O–H groups in total. The van der Waals surface area contributed by atoms with Crippen molar-refractivity contribution in [1.82, 2.24) is 4.98 Å². The Kier molecular flexibility index (Phi) is 2.98.